The normalized spacial score (nSPS) is 9.50. The number of aromatic nitrogens is 2. The Balaban J connectivity index is 2.91. The molecule has 1 heterocycles. The number of hydrogen-bond donors (Lipinski definition) is 1. The predicted octanol–water partition coefficient (Wildman–Crippen LogP) is 0.399. The molecule has 0 aromatic carbocycles. The van der Waals surface area contributed by atoms with Crippen molar-refractivity contribution in [2.75, 3.05) is 7.11 Å². The van der Waals surface area contributed by atoms with Gasteiger partial charge in [-0.05, 0) is 0 Å². The standard InChI is InChI=1S/C7H8N2O3/c1-4(10)5-3-8-6(9-5)7(11)12-2/h3H,1-2H3,(H,8,9). The number of nitrogens with one attached hydrogen (secondary N) is 1. The molecule has 5 heteroatoms. The van der Waals surface area contributed by atoms with Gasteiger partial charge in [-0.3, -0.25) is 4.79 Å². The van der Waals surface area contributed by atoms with Crippen LogP contribution in [0.2, 0.25) is 0 Å². The van der Waals surface area contributed by atoms with Crippen molar-refractivity contribution < 1.29 is 14.3 Å². The lowest BCUT2D eigenvalue weighted by molar-refractivity contribution is 0.0588. The molecule has 0 aliphatic rings. The summed E-state index contributed by atoms with van der Waals surface area (Å²) in [5, 5.41) is 0. The van der Waals surface area contributed by atoms with E-state index in [0.29, 0.717) is 5.69 Å². The zero-order valence-corrected chi connectivity index (χ0v) is 6.75. The Morgan fingerprint density at radius 3 is 2.67 bits per heavy atom. The van der Waals surface area contributed by atoms with Crippen LogP contribution in [0.4, 0.5) is 0 Å². The van der Waals surface area contributed by atoms with Gasteiger partial charge in [-0.1, -0.05) is 0 Å². The molecule has 5 nitrogen and oxygen atoms in total. The number of ketones is 1. The van der Waals surface area contributed by atoms with Crippen molar-refractivity contribution in [1.29, 1.82) is 0 Å². The van der Waals surface area contributed by atoms with Crippen LogP contribution in [-0.2, 0) is 4.74 Å². The third-order valence-corrected chi connectivity index (χ3v) is 1.33. The van der Waals surface area contributed by atoms with E-state index < -0.39 is 5.97 Å². The molecule has 0 amide bonds. The second kappa shape index (κ2) is 3.17. The molecule has 64 valence electrons. The summed E-state index contributed by atoms with van der Waals surface area (Å²) in [4.78, 5) is 27.8. The Morgan fingerprint density at radius 2 is 2.25 bits per heavy atom. The number of rotatable bonds is 2. The van der Waals surface area contributed by atoms with Crippen LogP contribution in [0.3, 0.4) is 0 Å². The fraction of sp³-hybridized carbons (Fsp3) is 0.286. The Labute approximate surface area is 68.8 Å². The highest BCUT2D eigenvalue weighted by Gasteiger charge is 2.11. The van der Waals surface area contributed by atoms with Crippen LogP contribution in [-0.4, -0.2) is 28.8 Å². The average molecular weight is 168 g/mol. The van der Waals surface area contributed by atoms with Gasteiger partial charge in [0.05, 0.1) is 13.3 Å². The minimum atomic E-state index is -0.581. The number of aromatic amines is 1. The number of H-pyrrole nitrogens is 1. The van der Waals surface area contributed by atoms with E-state index >= 15 is 0 Å². The van der Waals surface area contributed by atoms with Gasteiger partial charge in [0.15, 0.2) is 5.78 Å². The topological polar surface area (TPSA) is 72.0 Å². The van der Waals surface area contributed by atoms with Gasteiger partial charge in [-0.15, -0.1) is 0 Å². The number of ether oxygens (including phenoxy) is 1. The molecular formula is C7H8N2O3. The Kier molecular flexibility index (Phi) is 2.23. The van der Waals surface area contributed by atoms with Crippen molar-refractivity contribution in [3.63, 3.8) is 0 Å². The van der Waals surface area contributed by atoms with Crippen molar-refractivity contribution in [3.8, 4) is 0 Å². The molecule has 0 fully saturated rings. The summed E-state index contributed by atoms with van der Waals surface area (Å²) in [6, 6.07) is 0. The van der Waals surface area contributed by atoms with Gasteiger partial charge in [0, 0.05) is 6.92 Å². The summed E-state index contributed by atoms with van der Waals surface area (Å²) in [6.45, 7) is 1.38. The van der Waals surface area contributed by atoms with E-state index in [2.05, 4.69) is 14.7 Å². The lowest BCUT2D eigenvalue weighted by Crippen LogP contribution is -2.04. The van der Waals surface area contributed by atoms with Crippen molar-refractivity contribution in [2.45, 2.75) is 6.92 Å². The highest BCUT2D eigenvalue weighted by molar-refractivity contribution is 5.94. The van der Waals surface area contributed by atoms with E-state index in [-0.39, 0.29) is 11.6 Å². The highest BCUT2D eigenvalue weighted by Crippen LogP contribution is 1.98. The third-order valence-electron chi connectivity index (χ3n) is 1.33. The number of carbonyl (C=O) groups excluding carboxylic acids is 2. The Bertz CT molecular complexity index is 316. The number of imidazole rings is 1. The quantitative estimate of drug-likeness (QED) is 0.512. The number of esters is 1. The largest absolute Gasteiger partial charge is 0.463 e. The average Bonchev–Trinajstić information content (AvgIpc) is 2.51. The van der Waals surface area contributed by atoms with Gasteiger partial charge in [-0.25, -0.2) is 9.78 Å². The zero-order valence-electron chi connectivity index (χ0n) is 6.75. The molecule has 12 heavy (non-hydrogen) atoms. The van der Waals surface area contributed by atoms with Gasteiger partial charge in [-0.2, -0.15) is 0 Å². The maximum atomic E-state index is 10.8. The van der Waals surface area contributed by atoms with Crippen molar-refractivity contribution in [1.82, 2.24) is 9.97 Å². The molecule has 0 aliphatic heterocycles. The molecule has 0 spiro atoms. The minimum absolute atomic E-state index is 0.0442. The molecule has 0 aliphatic carbocycles. The van der Waals surface area contributed by atoms with E-state index in [4.69, 9.17) is 0 Å². The maximum Gasteiger partial charge on any atom is 0.374 e. The SMILES string of the molecule is COC(=O)c1ncc(C(C)=O)[nH]1. The van der Waals surface area contributed by atoms with Crippen LogP contribution in [0.25, 0.3) is 0 Å². The summed E-state index contributed by atoms with van der Waals surface area (Å²) >= 11 is 0. The predicted molar refractivity (Wildman–Crippen MR) is 39.9 cm³/mol. The molecule has 1 N–H and O–H groups in total. The van der Waals surface area contributed by atoms with Crippen LogP contribution >= 0.6 is 0 Å². The lowest BCUT2D eigenvalue weighted by Gasteiger charge is -1.91. The summed E-state index contributed by atoms with van der Waals surface area (Å²) < 4.78 is 4.39. The van der Waals surface area contributed by atoms with Gasteiger partial charge in [0.1, 0.15) is 5.69 Å². The van der Waals surface area contributed by atoms with E-state index in [9.17, 15) is 9.59 Å². The fourth-order valence-corrected chi connectivity index (χ4v) is 0.701. The van der Waals surface area contributed by atoms with E-state index in [1.54, 1.807) is 0 Å². The number of hydrogen-bond acceptors (Lipinski definition) is 4. The first-order chi connectivity index (χ1) is 5.65. The second-order valence-corrected chi connectivity index (χ2v) is 2.19. The van der Waals surface area contributed by atoms with Crippen LogP contribution < -0.4 is 0 Å². The monoisotopic (exact) mass is 168 g/mol. The molecule has 0 atom stereocenters. The van der Waals surface area contributed by atoms with Gasteiger partial charge >= 0.3 is 5.97 Å². The van der Waals surface area contributed by atoms with Crippen molar-refractivity contribution in [2.24, 2.45) is 0 Å². The van der Waals surface area contributed by atoms with Gasteiger partial charge < -0.3 is 9.72 Å². The van der Waals surface area contributed by atoms with E-state index in [1.807, 2.05) is 0 Å². The molecular weight excluding hydrogens is 160 g/mol. The van der Waals surface area contributed by atoms with Crippen molar-refractivity contribution in [3.05, 3.63) is 17.7 Å². The minimum Gasteiger partial charge on any atom is -0.463 e. The van der Waals surface area contributed by atoms with Crippen LogP contribution in [0, 0.1) is 0 Å². The summed E-state index contributed by atoms with van der Waals surface area (Å²) in [7, 11) is 1.25. The van der Waals surface area contributed by atoms with E-state index in [1.165, 1.54) is 20.2 Å². The van der Waals surface area contributed by atoms with Crippen LogP contribution in [0.1, 0.15) is 28.0 Å². The Morgan fingerprint density at radius 1 is 1.58 bits per heavy atom. The Hall–Kier alpha value is -1.65. The van der Waals surface area contributed by atoms with Gasteiger partial charge in [0.25, 0.3) is 0 Å². The third kappa shape index (κ3) is 1.50. The number of nitrogens with zero attached hydrogens (tertiary/aromatic N) is 1. The number of methoxy groups -OCH3 is 1. The van der Waals surface area contributed by atoms with Crippen LogP contribution in [0.15, 0.2) is 6.20 Å². The first-order valence-corrected chi connectivity index (χ1v) is 3.29. The molecule has 0 saturated heterocycles. The fourth-order valence-electron chi connectivity index (χ4n) is 0.701. The molecule has 1 aromatic heterocycles. The molecule has 1 rings (SSSR count). The van der Waals surface area contributed by atoms with Gasteiger partial charge in [0.2, 0.25) is 5.82 Å². The number of carbonyl (C=O) groups is 2. The molecule has 0 saturated carbocycles. The summed E-state index contributed by atoms with van der Waals surface area (Å²) in [6.07, 6.45) is 1.30. The highest BCUT2D eigenvalue weighted by atomic mass is 16.5. The molecule has 1 aromatic rings. The maximum absolute atomic E-state index is 10.8. The first kappa shape index (κ1) is 8.45. The van der Waals surface area contributed by atoms with E-state index in [0.717, 1.165) is 0 Å². The summed E-state index contributed by atoms with van der Waals surface area (Å²) in [5.41, 5.74) is 0.301. The molecule has 0 unspecified atom stereocenters. The smallest absolute Gasteiger partial charge is 0.374 e. The van der Waals surface area contributed by atoms with Crippen molar-refractivity contribution >= 4 is 11.8 Å². The summed E-state index contributed by atoms with van der Waals surface area (Å²) in [5.74, 6) is -0.706. The molecule has 0 bridgehead atoms. The van der Waals surface area contributed by atoms with Crippen LogP contribution in [0.5, 0.6) is 0 Å². The first-order valence-electron chi connectivity index (χ1n) is 3.29. The lowest BCUT2D eigenvalue weighted by atomic mass is 10.3. The number of Topliss-reactive ketones (excluding diaryl/α,β-unsaturated/α-hetero) is 1. The molecule has 0 radical (unpaired) electrons. The zero-order chi connectivity index (χ0) is 9.14. The second-order valence-electron chi connectivity index (χ2n) is 2.19.